The molecule has 0 fully saturated rings. The van der Waals surface area contributed by atoms with Crippen molar-refractivity contribution >= 4 is 12.2 Å². The zero-order valence-corrected chi connectivity index (χ0v) is 11.9. The Morgan fingerprint density at radius 1 is 1.30 bits per heavy atom. The molecule has 1 aromatic carbocycles. The number of alkyl carbamates (subject to hydrolysis) is 1. The zero-order valence-electron chi connectivity index (χ0n) is 11.9. The van der Waals surface area contributed by atoms with Crippen molar-refractivity contribution in [1.29, 1.82) is 0 Å². The number of hydrogen-bond acceptors (Lipinski definition) is 2. The van der Waals surface area contributed by atoms with Crippen molar-refractivity contribution in [3.63, 3.8) is 0 Å². The highest BCUT2D eigenvalue weighted by Gasteiger charge is 2.15. The van der Waals surface area contributed by atoms with Crippen LogP contribution in [0.3, 0.4) is 0 Å². The summed E-state index contributed by atoms with van der Waals surface area (Å²) in [5.74, 6) is -1.22. The molecule has 1 N–H and O–H groups in total. The lowest BCUT2D eigenvalue weighted by Gasteiger charge is -2.19. The predicted octanol–water partition coefficient (Wildman–Crippen LogP) is 3.89. The largest absolute Gasteiger partial charge is 0.444 e. The van der Waals surface area contributed by atoms with Crippen LogP contribution in [0.1, 0.15) is 32.8 Å². The second kappa shape index (κ2) is 7.03. The minimum Gasteiger partial charge on any atom is -0.444 e. The fourth-order valence-corrected chi connectivity index (χ4v) is 1.44. The number of benzene rings is 1. The van der Waals surface area contributed by atoms with E-state index < -0.39 is 23.3 Å². The number of carbonyl (C=O) groups excluding carboxylic acids is 1. The van der Waals surface area contributed by atoms with E-state index >= 15 is 0 Å². The number of carbonyl (C=O) groups is 1. The van der Waals surface area contributed by atoms with Gasteiger partial charge in [0.15, 0.2) is 0 Å². The number of amides is 1. The number of rotatable bonds is 4. The SMILES string of the molecule is CC(C)(C)OC(=O)NCCC=Cc1c(F)cccc1F. The second-order valence-corrected chi connectivity index (χ2v) is 5.26. The van der Waals surface area contributed by atoms with Gasteiger partial charge in [-0.25, -0.2) is 13.6 Å². The van der Waals surface area contributed by atoms with Gasteiger partial charge in [-0.15, -0.1) is 0 Å². The van der Waals surface area contributed by atoms with Crippen molar-refractivity contribution in [2.45, 2.75) is 32.8 Å². The van der Waals surface area contributed by atoms with E-state index in [9.17, 15) is 13.6 Å². The molecule has 0 radical (unpaired) electrons. The molecule has 1 rings (SSSR count). The van der Waals surface area contributed by atoms with Gasteiger partial charge in [-0.1, -0.05) is 18.2 Å². The predicted molar refractivity (Wildman–Crippen MR) is 74.2 cm³/mol. The molecular formula is C15H19F2NO2. The van der Waals surface area contributed by atoms with E-state index in [1.165, 1.54) is 24.3 Å². The van der Waals surface area contributed by atoms with E-state index in [2.05, 4.69) is 5.32 Å². The van der Waals surface area contributed by atoms with Crippen LogP contribution in [0.2, 0.25) is 0 Å². The second-order valence-electron chi connectivity index (χ2n) is 5.26. The van der Waals surface area contributed by atoms with E-state index in [1.807, 2.05) is 0 Å². The molecule has 0 saturated heterocycles. The Kier molecular flexibility index (Phi) is 5.67. The summed E-state index contributed by atoms with van der Waals surface area (Å²) in [5.41, 5.74) is -0.624. The average molecular weight is 283 g/mol. The van der Waals surface area contributed by atoms with Gasteiger partial charge in [-0.05, 0) is 39.3 Å². The Hall–Kier alpha value is -1.91. The first-order chi connectivity index (χ1) is 9.29. The van der Waals surface area contributed by atoms with Gasteiger partial charge in [0, 0.05) is 12.1 Å². The molecule has 0 aliphatic rings. The van der Waals surface area contributed by atoms with Crippen molar-refractivity contribution in [2.24, 2.45) is 0 Å². The quantitative estimate of drug-likeness (QED) is 0.851. The lowest BCUT2D eigenvalue weighted by Crippen LogP contribution is -2.32. The first-order valence-electron chi connectivity index (χ1n) is 6.37. The van der Waals surface area contributed by atoms with Crippen LogP contribution in [0.5, 0.6) is 0 Å². The smallest absolute Gasteiger partial charge is 0.407 e. The Morgan fingerprint density at radius 2 is 1.90 bits per heavy atom. The highest BCUT2D eigenvalue weighted by atomic mass is 19.1. The van der Waals surface area contributed by atoms with E-state index in [0.29, 0.717) is 13.0 Å². The number of nitrogens with one attached hydrogen (secondary N) is 1. The number of ether oxygens (including phenoxy) is 1. The van der Waals surface area contributed by atoms with Gasteiger partial charge in [0.25, 0.3) is 0 Å². The highest BCUT2D eigenvalue weighted by molar-refractivity contribution is 5.67. The third kappa shape index (κ3) is 5.82. The molecule has 5 heteroatoms. The minimum atomic E-state index is -0.610. The molecule has 0 bridgehead atoms. The molecule has 0 atom stereocenters. The molecule has 0 aliphatic heterocycles. The third-order valence-corrected chi connectivity index (χ3v) is 2.26. The first-order valence-corrected chi connectivity index (χ1v) is 6.37. The van der Waals surface area contributed by atoms with Crippen LogP contribution in [-0.2, 0) is 4.74 Å². The maximum absolute atomic E-state index is 13.3. The Balaban J connectivity index is 2.38. The normalized spacial score (nSPS) is 11.7. The number of hydrogen-bond donors (Lipinski definition) is 1. The Morgan fingerprint density at radius 3 is 2.45 bits per heavy atom. The molecule has 0 heterocycles. The lowest BCUT2D eigenvalue weighted by molar-refractivity contribution is 0.0529. The van der Waals surface area contributed by atoms with Crippen molar-refractivity contribution in [3.05, 3.63) is 41.5 Å². The van der Waals surface area contributed by atoms with Gasteiger partial charge in [0.05, 0.1) is 0 Å². The highest BCUT2D eigenvalue weighted by Crippen LogP contribution is 2.13. The molecular weight excluding hydrogens is 264 g/mol. The van der Waals surface area contributed by atoms with Gasteiger partial charge < -0.3 is 10.1 Å². The topological polar surface area (TPSA) is 38.3 Å². The fraction of sp³-hybridized carbons (Fsp3) is 0.400. The standard InChI is InChI=1S/C15H19F2NO2/c1-15(2,3)20-14(19)18-10-5-4-7-11-12(16)8-6-9-13(11)17/h4,6-9H,5,10H2,1-3H3,(H,18,19). The van der Waals surface area contributed by atoms with Crippen LogP contribution in [0.25, 0.3) is 6.08 Å². The number of halogens is 2. The van der Waals surface area contributed by atoms with E-state index in [0.717, 1.165) is 0 Å². The summed E-state index contributed by atoms with van der Waals surface area (Å²) in [6.45, 7) is 5.65. The zero-order chi connectivity index (χ0) is 15.2. The van der Waals surface area contributed by atoms with Crippen LogP contribution in [0.4, 0.5) is 13.6 Å². The Labute approximate surface area is 117 Å². The maximum atomic E-state index is 13.3. The van der Waals surface area contributed by atoms with Crippen molar-refractivity contribution in [3.8, 4) is 0 Å². The van der Waals surface area contributed by atoms with Crippen molar-refractivity contribution in [1.82, 2.24) is 5.32 Å². The summed E-state index contributed by atoms with van der Waals surface area (Å²) in [7, 11) is 0. The van der Waals surface area contributed by atoms with Crippen LogP contribution >= 0.6 is 0 Å². The molecule has 0 aromatic heterocycles. The van der Waals surface area contributed by atoms with Gasteiger partial charge >= 0.3 is 6.09 Å². The van der Waals surface area contributed by atoms with E-state index in [-0.39, 0.29) is 5.56 Å². The van der Waals surface area contributed by atoms with Gasteiger partial charge in [-0.2, -0.15) is 0 Å². The third-order valence-electron chi connectivity index (χ3n) is 2.26. The van der Waals surface area contributed by atoms with Gasteiger partial charge in [0.2, 0.25) is 0 Å². The molecule has 1 aromatic rings. The first kappa shape index (κ1) is 16.1. The molecule has 1 amide bonds. The van der Waals surface area contributed by atoms with Crippen LogP contribution in [-0.4, -0.2) is 18.2 Å². The van der Waals surface area contributed by atoms with Crippen molar-refractivity contribution in [2.75, 3.05) is 6.54 Å². The summed E-state index contributed by atoms with van der Waals surface area (Å²) >= 11 is 0. The lowest BCUT2D eigenvalue weighted by atomic mass is 10.1. The molecule has 0 saturated carbocycles. The van der Waals surface area contributed by atoms with Gasteiger partial charge in [0.1, 0.15) is 17.2 Å². The molecule has 0 aliphatic carbocycles. The maximum Gasteiger partial charge on any atom is 0.407 e. The average Bonchev–Trinajstić information content (AvgIpc) is 2.29. The van der Waals surface area contributed by atoms with Crippen molar-refractivity contribution < 1.29 is 18.3 Å². The van der Waals surface area contributed by atoms with E-state index in [1.54, 1.807) is 26.8 Å². The summed E-state index contributed by atoms with van der Waals surface area (Å²) in [6.07, 6.45) is 2.90. The molecule has 20 heavy (non-hydrogen) atoms. The van der Waals surface area contributed by atoms with Crippen LogP contribution < -0.4 is 5.32 Å². The summed E-state index contributed by atoms with van der Waals surface area (Å²) in [5, 5.41) is 2.55. The fourth-order valence-electron chi connectivity index (χ4n) is 1.44. The summed E-state index contributed by atoms with van der Waals surface area (Å²) < 4.78 is 31.6. The molecule has 3 nitrogen and oxygen atoms in total. The summed E-state index contributed by atoms with van der Waals surface area (Å²) in [4.78, 5) is 11.3. The van der Waals surface area contributed by atoms with Crippen LogP contribution in [0.15, 0.2) is 24.3 Å². The van der Waals surface area contributed by atoms with E-state index in [4.69, 9.17) is 4.74 Å². The summed E-state index contributed by atoms with van der Waals surface area (Å²) in [6, 6.07) is 3.70. The minimum absolute atomic E-state index is 0.0789. The van der Waals surface area contributed by atoms with Gasteiger partial charge in [-0.3, -0.25) is 0 Å². The molecule has 0 spiro atoms. The molecule has 0 unspecified atom stereocenters. The Bertz CT molecular complexity index is 473. The molecule has 110 valence electrons. The van der Waals surface area contributed by atoms with Crippen LogP contribution in [0, 0.1) is 11.6 Å². The monoisotopic (exact) mass is 283 g/mol.